The van der Waals surface area contributed by atoms with Crippen LogP contribution in [-0.4, -0.2) is 48.7 Å². The van der Waals surface area contributed by atoms with Crippen molar-refractivity contribution in [3.05, 3.63) is 119 Å². The molecule has 4 rings (SSSR count). The lowest BCUT2D eigenvalue weighted by atomic mass is 10.2. The second kappa shape index (κ2) is 14.9. The average molecular weight is 541 g/mol. The molecule has 0 aliphatic rings. The van der Waals surface area contributed by atoms with Crippen molar-refractivity contribution in [2.45, 2.75) is 0 Å². The molecular weight excluding hydrogens is 512 g/mol. The third kappa shape index (κ3) is 8.73. The zero-order valence-corrected chi connectivity index (χ0v) is 21.8. The van der Waals surface area contributed by atoms with Gasteiger partial charge < -0.3 is 19.7 Å². The number of hydrogen-bond donors (Lipinski definition) is 4. The highest BCUT2D eigenvalue weighted by atomic mass is 16.5. The minimum atomic E-state index is -0.310. The van der Waals surface area contributed by atoms with E-state index in [0.29, 0.717) is 33.8 Å². The molecule has 2 amide bonds. The van der Waals surface area contributed by atoms with E-state index in [2.05, 4.69) is 21.1 Å². The second-order valence-electron chi connectivity index (χ2n) is 7.98. The summed E-state index contributed by atoms with van der Waals surface area (Å²) in [6, 6.07) is 27.1. The van der Waals surface area contributed by atoms with Crippen molar-refractivity contribution in [3.63, 3.8) is 0 Å². The van der Waals surface area contributed by atoms with E-state index in [0.717, 1.165) is 0 Å². The van der Waals surface area contributed by atoms with Gasteiger partial charge in [-0.3, -0.25) is 9.59 Å². The highest BCUT2D eigenvalue weighted by Gasteiger charge is 2.04. The maximum atomic E-state index is 11.7. The van der Waals surface area contributed by atoms with E-state index in [1.165, 1.54) is 38.8 Å². The molecular formula is C30H28N4O6. The van der Waals surface area contributed by atoms with Gasteiger partial charge in [0.2, 0.25) is 0 Å². The Kier molecular flexibility index (Phi) is 10.8. The number of amides is 2. The number of hydrogen-bond acceptors (Lipinski definition) is 8. The van der Waals surface area contributed by atoms with Gasteiger partial charge in [-0.15, -0.1) is 0 Å². The van der Waals surface area contributed by atoms with Crippen LogP contribution in [-0.2, 0) is 0 Å². The van der Waals surface area contributed by atoms with Gasteiger partial charge in [0.25, 0.3) is 11.8 Å². The van der Waals surface area contributed by atoms with E-state index in [9.17, 15) is 19.8 Å². The molecule has 0 aliphatic heterocycles. The Hall–Kier alpha value is -5.64. The zero-order valence-electron chi connectivity index (χ0n) is 21.8. The van der Waals surface area contributed by atoms with Gasteiger partial charge in [-0.25, -0.2) is 10.9 Å². The van der Waals surface area contributed by atoms with Crippen LogP contribution < -0.4 is 20.3 Å². The fourth-order valence-corrected chi connectivity index (χ4v) is 3.15. The van der Waals surface area contributed by atoms with Gasteiger partial charge in [0.15, 0.2) is 0 Å². The second-order valence-corrected chi connectivity index (χ2v) is 7.98. The summed E-state index contributed by atoms with van der Waals surface area (Å²) in [5.74, 6) is 0.537. The molecule has 4 aromatic rings. The van der Waals surface area contributed by atoms with Gasteiger partial charge in [-0.2, -0.15) is 10.2 Å². The third-order valence-corrected chi connectivity index (χ3v) is 5.29. The quantitative estimate of drug-likeness (QED) is 0.194. The Balaban J connectivity index is 0.000000220. The number of ether oxygens (including phenoxy) is 2. The molecule has 0 unspecified atom stereocenters. The summed E-state index contributed by atoms with van der Waals surface area (Å²) in [6.07, 6.45) is 2.74. The monoisotopic (exact) mass is 540 g/mol. The summed E-state index contributed by atoms with van der Waals surface area (Å²) < 4.78 is 9.95. The molecule has 204 valence electrons. The summed E-state index contributed by atoms with van der Waals surface area (Å²) in [5.41, 5.74) is 6.79. The van der Waals surface area contributed by atoms with E-state index >= 15 is 0 Å². The van der Waals surface area contributed by atoms with Crippen molar-refractivity contribution in [2.24, 2.45) is 10.2 Å². The lowest BCUT2D eigenvalue weighted by molar-refractivity contribution is 0.0947. The van der Waals surface area contributed by atoms with Crippen molar-refractivity contribution in [2.75, 3.05) is 14.2 Å². The van der Waals surface area contributed by atoms with Gasteiger partial charge in [0.1, 0.15) is 23.0 Å². The predicted molar refractivity (Wildman–Crippen MR) is 152 cm³/mol. The van der Waals surface area contributed by atoms with Crippen LogP contribution in [0.5, 0.6) is 23.0 Å². The van der Waals surface area contributed by atoms with Crippen molar-refractivity contribution in [1.29, 1.82) is 0 Å². The molecule has 0 saturated heterocycles. The Bertz CT molecular complexity index is 1360. The van der Waals surface area contributed by atoms with Crippen LogP contribution in [0, 0.1) is 0 Å². The topological polar surface area (TPSA) is 142 Å². The molecule has 40 heavy (non-hydrogen) atoms. The first-order valence-corrected chi connectivity index (χ1v) is 11.9. The number of methoxy groups -OCH3 is 2. The maximum absolute atomic E-state index is 11.7. The number of nitrogens with zero attached hydrogens (tertiary/aromatic N) is 2. The van der Waals surface area contributed by atoms with Gasteiger partial charge in [0.05, 0.1) is 26.6 Å². The summed E-state index contributed by atoms with van der Waals surface area (Å²) >= 11 is 0. The molecule has 0 heterocycles. The predicted octanol–water partition coefficient (Wildman–Crippen LogP) is 4.33. The van der Waals surface area contributed by atoms with E-state index in [-0.39, 0.29) is 23.3 Å². The van der Waals surface area contributed by atoms with Crippen LogP contribution in [0.15, 0.2) is 107 Å². The molecule has 0 aliphatic carbocycles. The Morgan fingerprint density at radius 1 is 0.625 bits per heavy atom. The van der Waals surface area contributed by atoms with E-state index in [1.54, 1.807) is 72.8 Å². The molecule has 0 aromatic heterocycles. The van der Waals surface area contributed by atoms with Crippen molar-refractivity contribution < 1.29 is 29.3 Å². The van der Waals surface area contributed by atoms with Crippen LogP contribution >= 0.6 is 0 Å². The van der Waals surface area contributed by atoms with Gasteiger partial charge in [-0.05, 0) is 48.5 Å². The largest absolute Gasteiger partial charge is 0.507 e. The van der Waals surface area contributed by atoms with Crippen molar-refractivity contribution in [1.82, 2.24) is 10.9 Å². The standard InChI is InChI=1S/2C15H14N2O3/c2*1-20-13-8-7-12(14(18)9-13)10-16-17-15(19)11-5-3-2-4-6-11/h2*2-10,18H,1H3,(H,17,19)/b2*16-10+. The molecule has 10 nitrogen and oxygen atoms in total. The summed E-state index contributed by atoms with van der Waals surface area (Å²) in [6.45, 7) is 0. The first kappa shape index (κ1) is 28.9. The first-order chi connectivity index (χ1) is 19.4. The van der Waals surface area contributed by atoms with E-state index < -0.39 is 0 Å². The lowest BCUT2D eigenvalue weighted by Gasteiger charge is -2.03. The maximum Gasteiger partial charge on any atom is 0.271 e. The number of phenolic OH excluding ortho intramolecular Hbond substituents is 2. The Morgan fingerprint density at radius 3 is 1.32 bits per heavy atom. The van der Waals surface area contributed by atoms with E-state index in [4.69, 9.17) is 9.47 Å². The minimum Gasteiger partial charge on any atom is -0.507 e. The van der Waals surface area contributed by atoms with Crippen molar-refractivity contribution >= 4 is 24.2 Å². The minimum absolute atomic E-state index is 0.0297. The van der Waals surface area contributed by atoms with Crippen LogP contribution in [0.2, 0.25) is 0 Å². The SMILES string of the molecule is COc1ccc(/C=N/NC(=O)c2ccccc2)c(O)c1.COc1ccc(/C=N/NC(=O)c2ccccc2)c(O)c1. The number of nitrogens with one attached hydrogen (secondary N) is 2. The van der Waals surface area contributed by atoms with Crippen LogP contribution in [0.1, 0.15) is 31.8 Å². The molecule has 4 aromatic carbocycles. The summed E-state index contributed by atoms with van der Waals surface area (Å²) in [5, 5.41) is 27.1. The lowest BCUT2D eigenvalue weighted by Crippen LogP contribution is -2.17. The fraction of sp³-hybridized carbons (Fsp3) is 0.0667. The summed E-state index contributed by atoms with van der Waals surface area (Å²) in [4.78, 5) is 23.4. The van der Waals surface area contributed by atoms with Crippen LogP contribution in [0.25, 0.3) is 0 Å². The number of rotatable bonds is 8. The smallest absolute Gasteiger partial charge is 0.271 e. The number of carbonyl (C=O) groups excluding carboxylic acids is 2. The molecule has 0 spiro atoms. The van der Waals surface area contributed by atoms with Gasteiger partial charge in [0, 0.05) is 34.4 Å². The first-order valence-electron chi connectivity index (χ1n) is 11.9. The van der Waals surface area contributed by atoms with Crippen LogP contribution in [0.3, 0.4) is 0 Å². The molecule has 0 atom stereocenters. The zero-order chi connectivity index (χ0) is 28.7. The normalized spacial score (nSPS) is 10.4. The number of benzene rings is 4. The highest BCUT2D eigenvalue weighted by Crippen LogP contribution is 2.22. The number of phenols is 2. The number of carbonyl (C=O) groups is 2. The molecule has 0 saturated carbocycles. The van der Waals surface area contributed by atoms with Crippen LogP contribution in [0.4, 0.5) is 0 Å². The van der Waals surface area contributed by atoms with E-state index in [1.807, 2.05) is 12.1 Å². The average Bonchev–Trinajstić information content (AvgIpc) is 2.99. The fourth-order valence-electron chi connectivity index (χ4n) is 3.15. The highest BCUT2D eigenvalue weighted by molar-refractivity contribution is 5.95. The third-order valence-electron chi connectivity index (χ3n) is 5.29. The number of aromatic hydroxyl groups is 2. The van der Waals surface area contributed by atoms with Gasteiger partial charge in [-0.1, -0.05) is 36.4 Å². The Labute approximate surface area is 231 Å². The van der Waals surface area contributed by atoms with Crippen molar-refractivity contribution in [3.8, 4) is 23.0 Å². The molecule has 0 bridgehead atoms. The molecule has 0 fully saturated rings. The summed E-state index contributed by atoms with van der Waals surface area (Å²) in [7, 11) is 3.03. The Morgan fingerprint density at radius 2 is 1.00 bits per heavy atom. The molecule has 10 heteroatoms. The number of hydrazone groups is 2. The molecule has 4 N–H and O–H groups in total. The van der Waals surface area contributed by atoms with Gasteiger partial charge >= 0.3 is 0 Å². The molecule has 0 radical (unpaired) electrons.